The van der Waals surface area contributed by atoms with E-state index < -0.39 is 17.9 Å². The van der Waals surface area contributed by atoms with Gasteiger partial charge in [-0.25, -0.2) is 4.98 Å². The molecule has 1 saturated heterocycles. The van der Waals surface area contributed by atoms with Crippen LogP contribution >= 0.6 is 0 Å². The lowest BCUT2D eigenvalue weighted by atomic mass is 9.99. The Bertz CT molecular complexity index is 1350. The minimum Gasteiger partial charge on any atom is -0.364 e. The van der Waals surface area contributed by atoms with Gasteiger partial charge in [-0.1, -0.05) is 6.07 Å². The zero-order valence-corrected chi connectivity index (χ0v) is 20.3. The molecule has 1 unspecified atom stereocenters. The van der Waals surface area contributed by atoms with Gasteiger partial charge in [0.2, 0.25) is 0 Å². The Morgan fingerprint density at radius 1 is 1.20 bits per heavy atom. The van der Waals surface area contributed by atoms with Gasteiger partial charge in [0, 0.05) is 57.6 Å². The number of anilines is 1. The second-order valence-corrected chi connectivity index (χ2v) is 9.18. The Kier molecular flexibility index (Phi) is 6.36. The third-order valence-corrected chi connectivity index (χ3v) is 6.94. The first-order valence-electron chi connectivity index (χ1n) is 11.4. The van der Waals surface area contributed by atoms with E-state index in [1.54, 1.807) is 31.7 Å². The third-order valence-electron chi connectivity index (χ3n) is 6.94. The van der Waals surface area contributed by atoms with Crippen LogP contribution in [-0.4, -0.2) is 49.2 Å². The topological polar surface area (TPSA) is 83.0 Å². The second-order valence-electron chi connectivity index (χ2n) is 9.18. The minimum absolute atomic E-state index is 0.101. The predicted molar refractivity (Wildman–Crippen MR) is 126 cm³/mol. The lowest BCUT2D eigenvalue weighted by Crippen LogP contribution is -2.57. The van der Waals surface area contributed by atoms with Crippen molar-refractivity contribution in [3.8, 4) is 6.07 Å². The van der Waals surface area contributed by atoms with E-state index in [-0.39, 0.29) is 29.6 Å². The maximum atomic E-state index is 13.6. The summed E-state index contributed by atoms with van der Waals surface area (Å²) in [5.74, 6) is 0.564. The van der Waals surface area contributed by atoms with Crippen molar-refractivity contribution in [2.75, 3.05) is 18.0 Å². The van der Waals surface area contributed by atoms with Gasteiger partial charge < -0.3 is 9.47 Å². The SMILES string of the molecule is CC(c1cccnc1C(F)(F)F)N1C[C@H](C)N(c2cc(=O)n(C)c3c2nc(CC#N)n3C)C[C@H]1C. The molecule has 0 N–H and O–H groups in total. The number of piperazine rings is 1. The molecule has 8 nitrogen and oxygen atoms in total. The number of fused-ring (bicyclic) bond motifs is 1. The largest absolute Gasteiger partial charge is 0.433 e. The highest BCUT2D eigenvalue weighted by molar-refractivity contribution is 5.87. The molecule has 35 heavy (non-hydrogen) atoms. The average Bonchev–Trinajstić information content (AvgIpc) is 3.13. The van der Waals surface area contributed by atoms with Gasteiger partial charge in [0.05, 0.1) is 18.2 Å². The zero-order chi connectivity index (χ0) is 25.7. The van der Waals surface area contributed by atoms with Gasteiger partial charge in [0.15, 0.2) is 0 Å². The number of alkyl halides is 3. The normalized spacial score (nSPS) is 20.3. The lowest BCUT2D eigenvalue weighted by molar-refractivity contribution is -0.142. The molecule has 11 heteroatoms. The summed E-state index contributed by atoms with van der Waals surface area (Å²) >= 11 is 0. The highest BCUT2D eigenvalue weighted by Crippen LogP contribution is 2.37. The summed E-state index contributed by atoms with van der Waals surface area (Å²) in [5.41, 5.74) is 1.02. The molecule has 4 heterocycles. The fraction of sp³-hybridized carbons (Fsp3) is 0.500. The van der Waals surface area contributed by atoms with Crippen molar-refractivity contribution >= 4 is 16.9 Å². The van der Waals surface area contributed by atoms with E-state index >= 15 is 0 Å². The standard InChI is InChI=1S/C24H28F3N7O/c1-14-13-34(18-11-20(35)32(5)23-21(18)30-19(8-9-28)31(23)4)15(2)12-33(14)16(3)17-7-6-10-29-22(17)24(25,26)27/h6-7,10-11,14-16H,8,12-13H2,1-5H3/t14-,15+,16?/m1/s1. The van der Waals surface area contributed by atoms with E-state index in [2.05, 4.69) is 20.9 Å². The monoisotopic (exact) mass is 487 g/mol. The summed E-state index contributed by atoms with van der Waals surface area (Å²) in [5, 5.41) is 9.17. The van der Waals surface area contributed by atoms with Crippen LogP contribution in [-0.2, 0) is 26.7 Å². The van der Waals surface area contributed by atoms with E-state index in [1.165, 1.54) is 16.7 Å². The van der Waals surface area contributed by atoms with Crippen LogP contribution in [0.4, 0.5) is 18.9 Å². The van der Waals surface area contributed by atoms with Crippen molar-refractivity contribution in [2.24, 2.45) is 14.1 Å². The minimum atomic E-state index is -4.53. The van der Waals surface area contributed by atoms with E-state index in [0.29, 0.717) is 35.8 Å². The molecule has 3 aromatic heterocycles. The highest BCUT2D eigenvalue weighted by atomic mass is 19.4. The van der Waals surface area contributed by atoms with Crippen LogP contribution in [0, 0.1) is 11.3 Å². The van der Waals surface area contributed by atoms with Crippen molar-refractivity contribution in [3.63, 3.8) is 0 Å². The third kappa shape index (κ3) is 4.27. The van der Waals surface area contributed by atoms with Crippen molar-refractivity contribution in [1.29, 1.82) is 5.26 Å². The van der Waals surface area contributed by atoms with E-state index in [1.807, 2.05) is 18.7 Å². The van der Waals surface area contributed by atoms with E-state index in [9.17, 15) is 23.2 Å². The number of nitrogens with zero attached hydrogens (tertiary/aromatic N) is 7. The van der Waals surface area contributed by atoms with Gasteiger partial charge in [0.25, 0.3) is 5.56 Å². The van der Waals surface area contributed by atoms with Crippen LogP contribution in [0.5, 0.6) is 0 Å². The molecule has 0 bridgehead atoms. The van der Waals surface area contributed by atoms with Gasteiger partial charge in [-0.2, -0.15) is 18.4 Å². The van der Waals surface area contributed by atoms with Crippen LogP contribution in [0.1, 0.15) is 43.9 Å². The van der Waals surface area contributed by atoms with Crippen LogP contribution in [0.2, 0.25) is 0 Å². The van der Waals surface area contributed by atoms with Crippen molar-refractivity contribution in [3.05, 3.63) is 51.8 Å². The Labute approximate surface area is 201 Å². The maximum Gasteiger partial charge on any atom is 0.433 e. The number of imidazole rings is 1. The maximum absolute atomic E-state index is 13.6. The fourth-order valence-corrected chi connectivity index (χ4v) is 5.12. The van der Waals surface area contributed by atoms with Gasteiger partial charge in [0.1, 0.15) is 22.7 Å². The zero-order valence-electron chi connectivity index (χ0n) is 20.3. The highest BCUT2D eigenvalue weighted by Gasteiger charge is 2.40. The van der Waals surface area contributed by atoms with Crippen molar-refractivity contribution < 1.29 is 13.2 Å². The number of hydrogen-bond acceptors (Lipinski definition) is 6. The number of aromatic nitrogens is 4. The average molecular weight is 488 g/mol. The quantitative estimate of drug-likeness (QED) is 0.561. The van der Waals surface area contributed by atoms with Gasteiger partial charge in [-0.05, 0) is 32.4 Å². The molecule has 0 aromatic carbocycles. The predicted octanol–water partition coefficient (Wildman–Crippen LogP) is 3.41. The number of hydrogen-bond donors (Lipinski definition) is 0. The summed E-state index contributed by atoms with van der Waals surface area (Å²) in [4.78, 5) is 25.2. The molecular weight excluding hydrogens is 459 g/mol. The van der Waals surface area contributed by atoms with E-state index in [4.69, 9.17) is 0 Å². The smallest absolute Gasteiger partial charge is 0.364 e. The lowest BCUT2D eigenvalue weighted by Gasteiger charge is -2.47. The summed E-state index contributed by atoms with van der Waals surface area (Å²) in [6.45, 7) is 6.72. The van der Waals surface area contributed by atoms with Gasteiger partial charge >= 0.3 is 6.18 Å². The number of halogens is 3. The Morgan fingerprint density at radius 2 is 1.91 bits per heavy atom. The first-order valence-corrected chi connectivity index (χ1v) is 11.4. The van der Waals surface area contributed by atoms with Gasteiger partial charge in [-0.3, -0.25) is 19.2 Å². The molecule has 0 saturated carbocycles. The first kappa shape index (κ1) is 24.7. The molecule has 0 radical (unpaired) electrons. The molecule has 0 amide bonds. The summed E-state index contributed by atoms with van der Waals surface area (Å²) in [6, 6.07) is 5.97. The first-order chi connectivity index (χ1) is 16.5. The number of nitriles is 1. The van der Waals surface area contributed by atoms with Crippen molar-refractivity contribution in [1.82, 2.24) is 24.0 Å². The molecule has 4 rings (SSSR count). The second kappa shape index (κ2) is 9.00. The molecule has 1 fully saturated rings. The Hall–Kier alpha value is -3.39. The Morgan fingerprint density at radius 3 is 2.57 bits per heavy atom. The summed E-state index contributed by atoms with van der Waals surface area (Å²) in [7, 11) is 3.45. The molecule has 0 aliphatic carbocycles. The molecule has 3 aromatic rings. The van der Waals surface area contributed by atoms with Crippen LogP contribution in [0.15, 0.2) is 29.2 Å². The Balaban J connectivity index is 1.70. The molecule has 1 aliphatic heterocycles. The molecule has 0 spiro atoms. The summed E-state index contributed by atoms with van der Waals surface area (Å²) in [6.07, 6.45) is -3.25. The number of rotatable bonds is 4. The van der Waals surface area contributed by atoms with Gasteiger partial charge in [-0.15, -0.1) is 0 Å². The molecule has 1 aliphatic rings. The van der Waals surface area contributed by atoms with E-state index in [0.717, 1.165) is 6.20 Å². The molecular formula is C24H28F3N7O. The van der Waals surface area contributed by atoms with Crippen LogP contribution < -0.4 is 10.5 Å². The summed E-state index contributed by atoms with van der Waals surface area (Å²) < 4.78 is 44.0. The molecule has 3 atom stereocenters. The van der Waals surface area contributed by atoms with Crippen LogP contribution in [0.3, 0.4) is 0 Å². The molecule has 186 valence electrons. The van der Waals surface area contributed by atoms with Crippen molar-refractivity contribution in [2.45, 2.75) is 51.5 Å². The number of pyridine rings is 2. The fourth-order valence-electron chi connectivity index (χ4n) is 5.12. The van der Waals surface area contributed by atoms with Crippen LogP contribution in [0.25, 0.3) is 11.2 Å². The number of aryl methyl sites for hydroxylation is 2.